The molecule has 0 amide bonds. The molecule has 0 aliphatic carbocycles. The van der Waals surface area contributed by atoms with Crippen LogP contribution in [0.2, 0.25) is 0 Å². The number of aryl methyl sites for hydroxylation is 2. The summed E-state index contributed by atoms with van der Waals surface area (Å²) in [5.41, 5.74) is 4.65. The Bertz CT molecular complexity index is 1020. The third-order valence-corrected chi connectivity index (χ3v) is 5.66. The summed E-state index contributed by atoms with van der Waals surface area (Å²) in [4.78, 5) is 10.7. The largest absolute Gasteiger partial charge is 0.265 e. The lowest BCUT2D eigenvalue weighted by Crippen LogP contribution is -2.06. The van der Waals surface area contributed by atoms with Gasteiger partial charge < -0.3 is 0 Å². The van der Waals surface area contributed by atoms with Crippen molar-refractivity contribution in [3.05, 3.63) is 91.1 Å². The number of hydrogen-bond acceptors (Lipinski definition) is 3. The molecule has 2 aromatic carbocycles. The number of benzene rings is 2. The smallest absolute Gasteiger partial charge is 0.207 e. The van der Waals surface area contributed by atoms with Crippen LogP contribution in [0, 0.1) is 41.4 Å². The fraction of sp³-hybridized carbons (Fsp3) is 0.238. The van der Waals surface area contributed by atoms with Gasteiger partial charge in [-0.3, -0.25) is 10.1 Å². The lowest BCUT2D eigenvalue weighted by Gasteiger charge is -2.11. The second kappa shape index (κ2) is 8.14. The van der Waals surface area contributed by atoms with Crippen LogP contribution in [0.4, 0.5) is 13.2 Å². The minimum atomic E-state index is -0.946. The van der Waals surface area contributed by atoms with Crippen molar-refractivity contribution in [3.8, 4) is 10.4 Å². The SMILES string of the molecule is Cc1cc(Cc2csc(-c3c(F)cc(F)cc3F)c2)c(C)cc1CC[N+](=O)[O-]. The van der Waals surface area contributed by atoms with Gasteiger partial charge in [-0.2, -0.15) is 0 Å². The van der Waals surface area contributed by atoms with Crippen LogP contribution in [0.1, 0.15) is 27.8 Å². The molecule has 0 aliphatic rings. The van der Waals surface area contributed by atoms with Crippen LogP contribution in [0.5, 0.6) is 0 Å². The summed E-state index contributed by atoms with van der Waals surface area (Å²) < 4.78 is 41.1. The van der Waals surface area contributed by atoms with Gasteiger partial charge in [-0.05, 0) is 59.5 Å². The fourth-order valence-electron chi connectivity index (χ4n) is 3.20. The third kappa shape index (κ3) is 4.42. The molecule has 146 valence electrons. The number of nitro groups is 1. The molecule has 0 spiro atoms. The molecular weight excluding hydrogens is 387 g/mol. The number of thiophene rings is 1. The molecule has 1 heterocycles. The molecule has 1 aromatic heterocycles. The molecule has 0 bridgehead atoms. The number of nitrogens with zero attached hydrogens (tertiary/aromatic N) is 1. The quantitative estimate of drug-likeness (QED) is 0.381. The van der Waals surface area contributed by atoms with Crippen molar-refractivity contribution >= 4 is 11.3 Å². The Balaban J connectivity index is 1.84. The molecule has 0 saturated carbocycles. The van der Waals surface area contributed by atoms with E-state index in [9.17, 15) is 23.3 Å². The molecule has 0 saturated heterocycles. The summed E-state index contributed by atoms with van der Waals surface area (Å²) in [5, 5.41) is 12.4. The second-order valence-electron chi connectivity index (χ2n) is 6.75. The highest BCUT2D eigenvalue weighted by molar-refractivity contribution is 7.13. The van der Waals surface area contributed by atoms with E-state index in [4.69, 9.17) is 0 Å². The van der Waals surface area contributed by atoms with E-state index in [1.165, 1.54) is 11.3 Å². The van der Waals surface area contributed by atoms with Crippen molar-refractivity contribution in [2.75, 3.05) is 6.54 Å². The van der Waals surface area contributed by atoms with Gasteiger partial charge in [-0.15, -0.1) is 11.3 Å². The number of halogens is 3. The van der Waals surface area contributed by atoms with Gasteiger partial charge in [0.15, 0.2) is 0 Å². The first-order chi connectivity index (χ1) is 13.2. The van der Waals surface area contributed by atoms with E-state index in [-0.39, 0.29) is 17.0 Å². The van der Waals surface area contributed by atoms with Crippen molar-refractivity contribution in [1.29, 1.82) is 0 Å². The highest BCUT2D eigenvalue weighted by Gasteiger charge is 2.16. The Hall–Kier alpha value is -2.67. The molecule has 28 heavy (non-hydrogen) atoms. The van der Waals surface area contributed by atoms with Crippen LogP contribution < -0.4 is 0 Å². The van der Waals surface area contributed by atoms with Crippen LogP contribution in [-0.4, -0.2) is 11.5 Å². The first-order valence-corrected chi connectivity index (χ1v) is 9.55. The predicted molar refractivity (Wildman–Crippen MR) is 104 cm³/mol. The van der Waals surface area contributed by atoms with Crippen LogP contribution >= 0.6 is 11.3 Å². The van der Waals surface area contributed by atoms with Gasteiger partial charge in [-0.1, -0.05) is 12.1 Å². The summed E-state index contributed by atoms with van der Waals surface area (Å²) in [6.07, 6.45) is 0.953. The average molecular weight is 405 g/mol. The van der Waals surface area contributed by atoms with Crippen LogP contribution in [0.25, 0.3) is 10.4 Å². The van der Waals surface area contributed by atoms with Crippen LogP contribution in [0.15, 0.2) is 35.7 Å². The van der Waals surface area contributed by atoms with E-state index in [1.54, 1.807) is 6.07 Å². The topological polar surface area (TPSA) is 43.1 Å². The third-order valence-electron chi connectivity index (χ3n) is 4.66. The number of hydrogen-bond donors (Lipinski definition) is 0. The van der Waals surface area contributed by atoms with E-state index >= 15 is 0 Å². The van der Waals surface area contributed by atoms with Gasteiger partial charge in [0, 0.05) is 28.4 Å². The molecule has 3 nitrogen and oxygen atoms in total. The van der Waals surface area contributed by atoms with Crippen molar-refractivity contribution in [2.24, 2.45) is 0 Å². The summed E-state index contributed by atoms with van der Waals surface area (Å²) in [7, 11) is 0. The van der Waals surface area contributed by atoms with Gasteiger partial charge in [0.1, 0.15) is 17.5 Å². The van der Waals surface area contributed by atoms with E-state index < -0.39 is 17.5 Å². The molecule has 0 radical (unpaired) electrons. The fourth-order valence-corrected chi connectivity index (χ4v) is 4.17. The van der Waals surface area contributed by atoms with Gasteiger partial charge in [0.05, 0.1) is 5.56 Å². The van der Waals surface area contributed by atoms with Gasteiger partial charge in [0.2, 0.25) is 6.54 Å². The van der Waals surface area contributed by atoms with Crippen molar-refractivity contribution in [3.63, 3.8) is 0 Å². The summed E-state index contributed by atoms with van der Waals surface area (Å²) in [5.74, 6) is -2.79. The first-order valence-electron chi connectivity index (χ1n) is 8.67. The minimum Gasteiger partial charge on any atom is -0.265 e. The zero-order valence-electron chi connectivity index (χ0n) is 15.4. The average Bonchev–Trinajstić information content (AvgIpc) is 3.03. The molecular formula is C21H18F3NO2S. The van der Waals surface area contributed by atoms with Crippen LogP contribution in [-0.2, 0) is 12.8 Å². The Morgan fingerprint density at radius 1 is 0.964 bits per heavy atom. The van der Waals surface area contributed by atoms with Gasteiger partial charge in [-0.25, -0.2) is 13.2 Å². The molecule has 0 fully saturated rings. The first kappa shape index (κ1) is 20.1. The Kier molecular flexibility index (Phi) is 5.84. The molecule has 3 aromatic rings. The van der Waals surface area contributed by atoms with E-state index in [2.05, 4.69) is 0 Å². The maximum Gasteiger partial charge on any atom is 0.207 e. The molecule has 7 heteroatoms. The monoisotopic (exact) mass is 405 g/mol. The van der Waals surface area contributed by atoms with Crippen molar-refractivity contribution in [2.45, 2.75) is 26.7 Å². The number of rotatable bonds is 6. The zero-order valence-corrected chi connectivity index (χ0v) is 16.2. The zero-order chi connectivity index (χ0) is 20.4. The van der Waals surface area contributed by atoms with Crippen LogP contribution in [0.3, 0.4) is 0 Å². The molecule has 0 unspecified atom stereocenters. The highest BCUT2D eigenvalue weighted by atomic mass is 32.1. The maximum atomic E-state index is 14.0. The summed E-state index contributed by atoms with van der Waals surface area (Å²) in [6, 6.07) is 7.02. The maximum absolute atomic E-state index is 14.0. The molecule has 0 N–H and O–H groups in total. The predicted octanol–water partition coefficient (Wildman–Crippen LogP) is 5.86. The molecule has 0 atom stereocenters. The normalized spacial score (nSPS) is 11.0. The Labute approximate surface area is 164 Å². The minimum absolute atomic E-state index is 0.109. The lowest BCUT2D eigenvalue weighted by molar-refractivity contribution is -0.479. The molecule has 0 aliphatic heterocycles. The highest BCUT2D eigenvalue weighted by Crippen LogP contribution is 2.33. The van der Waals surface area contributed by atoms with E-state index in [0.29, 0.717) is 29.9 Å². The summed E-state index contributed by atoms with van der Waals surface area (Å²) in [6.45, 7) is 3.75. The molecule has 3 rings (SSSR count). The Morgan fingerprint density at radius 3 is 2.21 bits per heavy atom. The lowest BCUT2D eigenvalue weighted by atomic mass is 9.94. The summed E-state index contributed by atoms with van der Waals surface area (Å²) >= 11 is 1.20. The van der Waals surface area contributed by atoms with Crippen molar-refractivity contribution in [1.82, 2.24) is 0 Å². The Morgan fingerprint density at radius 2 is 1.57 bits per heavy atom. The van der Waals surface area contributed by atoms with Crippen molar-refractivity contribution < 1.29 is 18.1 Å². The van der Waals surface area contributed by atoms with E-state index in [1.807, 2.05) is 31.4 Å². The van der Waals surface area contributed by atoms with Gasteiger partial charge >= 0.3 is 0 Å². The van der Waals surface area contributed by atoms with E-state index in [0.717, 1.165) is 27.8 Å². The standard InChI is InChI=1S/C21H18F3NO2S/c1-12-6-16(13(2)5-15(12)3-4-25(26)27)7-14-8-20(28-11-14)21-18(23)9-17(22)10-19(21)24/h5-6,8-11H,3-4,7H2,1-2H3. The van der Waals surface area contributed by atoms with Gasteiger partial charge in [0.25, 0.3) is 0 Å². The second-order valence-corrected chi connectivity index (χ2v) is 7.66.